The van der Waals surface area contributed by atoms with E-state index < -0.39 is 17.3 Å². The van der Waals surface area contributed by atoms with Gasteiger partial charge in [-0.3, -0.25) is 14.4 Å². The molecule has 2 amide bonds. The summed E-state index contributed by atoms with van der Waals surface area (Å²) in [6.07, 6.45) is 0.000501. The molecule has 1 heterocycles. The molecule has 2 N–H and O–H groups in total. The number of ketones is 1. The van der Waals surface area contributed by atoms with Gasteiger partial charge in [-0.25, -0.2) is 4.79 Å². The highest BCUT2D eigenvalue weighted by atomic mass is 32.2. The minimum absolute atomic E-state index is 0.000501. The van der Waals surface area contributed by atoms with E-state index in [4.69, 9.17) is 4.74 Å². The molecule has 1 aromatic rings. The summed E-state index contributed by atoms with van der Waals surface area (Å²) in [5, 5.41) is 4.73. The number of amides is 2. The topological polar surface area (TPSA) is 102 Å². The van der Waals surface area contributed by atoms with Gasteiger partial charge in [0, 0.05) is 23.4 Å². The van der Waals surface area contributed by atoms with Gasteiger partial charge in [-0.2, -0.15) is 0 Å². The number of hydrogen-bond acceptors (Lipinski definition) is 6. The Bertz CT molecular complexity index is 674. The zero-order valence-corrected chi connectivity index (χ0v) is 14.9. The van der Waals surface area contributed by atoms with E-state index in [1.165, 1.54) is 18.7 Å². The number of anilines is 1. The smallest absolute Gasteiger partial charge is 0.329 e. The van der Waals surface area contributed by atoms with Gasteiger partial charge in [0.25, 0.3) is 0 Å². The predicted molar refractivity (Wildman–Crippen MR) is 94.5 cm³/mol. The van der Waals surface area contributed by atoms with E-state index in [1.807, 2.05) is 0 Å². The zero-order valence-electron chi connectivity index (χ0n) is 14.0. The summed E-state index contributed by atoms with van der Waals surface area (Å²) in [6, 6.07) is 5.86. The van der Waals surface area contributed by atoms with Gasteiger partial charge in [0.2, 0.25) is 11.8 Å². The Labute approximate surface area is 149 Å². The Morgan fingerprint density at radius 3 is 2.52 bits per heavy atom. The third-order valence-electron chi connectivity index (χ3n) is 3.59. The fraction of sp³-hybridized carbons (Fsp3) is 0.412. The molecule has 2 rings (SSSR count). The highest BCUT2D eigenvalue weighted by Crippen LogP contribution is 2.22. The van der Waals surface area contributed by atoms with Gasteiger partial charge in [0.15, 0.2) is 5.78 Å². The first-order valence-electron chi connectivity index (χ1n) is 7.90. The second-order valence-electron chi connectivity index (χ2n) is 5.52. The first-order valence-corrected chi connectivity index (χ1v) is 8.95. The SMILES string of the molecule is CCOC(=O)[C@@H]1CS[C@H](CC(=O)Nc2ccc(C(C)=O)cc2)C(=O)N1. The summed E-state index contributed by atoms with van der Waals surface area (Å²) in [6.45, 7) is 3.42. The molecule has 0 aliphatic carbocycles. The van der Waals surface area contributed by atoms with Gasteiger partial charge in [0.1, 0.15) is 6.04 Å². The van der Waals surface area contributed by atoms with Gasteiger partial charge in [-0.1, -0.05) is 0 Å². The van der Waals surface area contributed by atoms with E-state index in [0.717, 1.165) is 0 Å². The number of Topliss-reactive ketones (excluding diaryl/α,β-unsaturated/α-hetero) is 1. The van der Waals surface area contributed by atoms with Crippen molar-refractivity contribution in [2.24, 2.45) is 0 Å². The quantitative estimate of drug-likeness (QED) is 0.584. The van der Waals surface area contributed by atoms with Crippen molar-refractivity contribution in [3.8, 4) is 0 Å². The van der Waals surface area contributed by atoms with Crippen LogP contribution in [0.15, 0.2) is 24.3 Å². The number of carbonyl (C=O) groups is 4. The van der Waals surface area contributed by atoms with E-state index in [2.05, 4.69) is 10.6 Å². The highest BCUT2D eigenvalue weighted by Gasteiger charge is 2.34. The van der Waals surface area contributed by atoms with E-state index in [9.17, 15) is 19.2 Å². The molecule has 0 radical (unpaired) electrons. The monoisotopic (exact) mass is 364 g/mol. The van der Waals surface area contributed by atoms with E-state index in [-0.39, 0.29) is 30.6 Å². The standard InChI is InChI=1S/C17H20N2O5S/c1-3-24-17(23)13-9-25-14(16(22)19-13)8-15(21)18-12-6-4-11(5-7-12)10(2)20/h4-7,13-14H,3,8-9H2,1-2H3,(H,18,21)(H,19,22)/t13-,14+/m0/s1. The third-order valence-corrected chi connectivity index (χ3v) is 4.90. The second kappa shape index (κ2) is 8.66. The van der Waals surface area contributed by atoms with Crippen LogP contribution in [0.25, 0.3) is 0 Å². The summed E-state index contributed by atoms with van der Waals surface area (Å²) in [7, 11) is 0. The molecule has 2 atom stereocenters. The van der Waals surface area contributed by atoms with Crippen LogP contribution in [0, 0.1) is 0 Å². The number of carbonyl (C=O) groups excluding carboxylic acids is 4. The van der Waals surface area contributed by atoms with Gasteiger partial charge >= 0.3 is 5.97 Å². The fourth-order valence-corrected chi connectivity index (χ4v) is 3.42. The molecule has 0 spiro atoms. The summed E-state index contributed by atoms with van der Waals surface area (Å²) in [5.41, 5.74) is 1.12. The molecular weight excluding hydrogens is 344 g/mol. The van der Waals surface area contributed by atoms with Crippen molar-refractivity contribution < 1.29 is 23.9 Å². The van der Waals surface area contributed by atoms with Crippen LogP contribution in [0.3, 0.4) is 0 Å². The average molecular weight is 364 g/mol. The molecule has 0 bridgehead atoms. The van der Waals surface area contributed by atoms with Crippen LogP contribution < -0.4 is 10.6 Å². The number of benzene rings is 1. The summed E-state index contributed by atoms with van der Waals surface area (Å²) in [4.78, 5) is 47.0. The molecular formula is C17H20N2O5S. The lowest BCUT2D eigenvalue weighted by atomic mass is 10.1. The second-order valence-corrected chi connectivity index (χ2v) is 6.76. The number of rotatable bonds is 6. The number of ether oxygens (including phenoxy) is 1. The number of thioether (sulfide) groups is 1. The van der Waals surface area contributed by atoms with Gasteiger partial charge < -0.3 is 15.4 Å². The summed E-state index contributed by atoms with van der Waals surface area (Å²) < 4.78 is 4.88. The molecule has 134 valence electrons. The average Bonchev–Trinajstić information content (AvgIpc) is 2.57. The summed E-state index contributed by atoms with van der Waals surface area (Å²) >= 11 is 1.26. The Balaban J connectivity index is 1.85. The highest BCUT2D eigenvalue weighted by molar-refractivity contribution is 8.00. The Morgan fingerprint density at radius 2 is 1.96 bits per heavy atom. The van der Waals surface area contributed by atoms with Crippen molar-refractivity contribution in [3.05, 3.63) is 29.8 Å². The lowest BCUT2D eigenvalue weighted by molar-refractivity contribution is -0.146. The Hall–Kier alpha value is -2.35. The minimum Gasteiger partial charge on any atom is -0.464 e. The molecule has 1 saturated heterocycles. The maximum atomic E-state index is 12.1. The van der Waals surface area contributed by atoms with Crippen LogP contribution in [0.2, 0.25) is 0 Å². The molecule has 25 heavy (non-hydrogen) atoms. The lowest BCUT2D eigenvalue weighted by Crippen LogP contribution is -2.51. The normalized spacial score (nSPS) is 19.7. The Morgan fingerprint density at radius 1 is 1.28 bits per heavy atom. The predicted octanol–water partition coefficient (Wildman–Crippen LogP) is 1.38. The van der Waals surface area contributed by atoms with Crippen molar-refractivity contribution in [2.45, 2.75) is 31.6 Å². The fourth-order valence-electron chi connectivity index (χ4n) is 2.28. The van der Waals surface area contributed by atoms with Crippen molar-refractivity contribution in [1.29, 1.82) is 0 Å². The first-order chi connectivity index (χ1) is 11.9. The van der Waals surface area contributed by atoms with Gasteiger partial charge in [0.05, 0.1) is 11.9 Å². The number of esters is 1. The molecule has 1 aliphatic rings. The van der Waals surface area contributed by atoms with Gasteiger partial charge in [-0.15, -0.1) is 11.8 Å². The molecule has 1 aliphatic heterocycles. The van der Waals surface area contributed by atoms with Crippen LogP contribution in [0.4, 0.5) is 5.69 Å². The van der Waals surface area contributed by atoms with Crippen molar-refractivity contribution in [3.63, 3.8) is 0 Å². The van der Waals surface area contributed by atoms with Crippen molar-refractivity contribution in [2.75, 3.05) is 17.7 Å². The van der Waals surface area contributed by atoms with Crippen LogP contribution in [-0.4, -0.2) is 47.2 Å². The lowest BCUT2D eigenvalue weighted by Gasteiger charge is -2.27. The van der Waals surface area contributed by atoms with E-state index in [0.29, 0.717) is 17.0 Å². The van der Waals surface area contributed by atoms with Crippen molar-refractivity contribution >= 4 is 41.0 Å². The molecule has 1 aromatic carbocycles. The maximum Gasteiger partial charge on any atom is 0.329 e. The van der Waals surface area contributed by atoms with Crippen LogP contribution in [0.5, 0.6) is 0 Å². The molecule has 7 nitrogen and oxygen atoms in total. The molecule has 0 aromatic heterocycles. The van der Waals surface area contributed by atoms with Crippen LogP contribution in [0.1, 0.15) is 30.6 Å². The maximum absolute atomic E-state index is 12.1. The van der Waals surface area contributed by atoms with Crippen LogP contribution in [-0.2, 0) is 19.1 Å². The molecule has 0 unspecified atom stereocenters. The number of hydrogen-bond donors (Lipinski definition) is 2. The molecule has 1 fully saturated rings. The van der Waals surface area contributed by atoms with Crippen LogP contribution >= 0.6 is 11.8 Å². The van der Waals surface area contributed by atoms with E-state index >= 15 is 0 Å². The molecule has 8 heteroatoms. The summed E-state index contributed by atoms with van der Waals surface area (Å²) in [5.74, 6) is -0.800. The third kappa shape index (κ3) is 5.32. The van der Waals surface area contributed by atoms with Crippen molar-refractivity contribution in [1.82, 2.24) is 5.32 Å². The first kappa shape index (κ1) is 19.0. The molecule has 0 saturated carbocycles. The number of nitrogens with one attached hydrogen (secondary N) is 2. The van der Waals surface area contributed by atoms with E-state index in [1.54, 1.807) is 31.2 Å². The largest absolute Gasteiger partial charge is 0.464 e. The Kier molecular flexibility index (Phi) is 6.58. The zero-order chi connectivity index (χ0) is 18.4. The minimum atomic E-state index is -0.670. The van der Waals surface area contributed by atoms with Gasteiger partial charge in [-0.05, 0) is 38.1 Å².